The van der Waals surface area contributed by atoms with E-state index in [0.29, 0.717) is 12.3 Å². The topological polar surface area (TPSA) is 39.2 Å². The number of thiazole rings is 1. The SMILES string of the molecule is CCOC(=O)c1nc(-c2ccccc2)sc1[P+](c1ccccc1)(c1ccccc1)c1ccccc1. The van der Waals surface area contributed by atoms with Crippen LogP contribution in [0.5, 0.6) is 0 Å². The molecule has 0 aliphatic heterocycles. The van der Waals surface area contributed by atoms with Crippen LogP contribution in [0.25, 0.3) is 10.6 Å². The number of hydrogen-bond acceptors (Lipinski definition) is 4. The second-order valence-electron chi connectivity index (χ2n) is 7.94. The largest absolute Gasteiger partial charge is 0.461 e. The molecule has 5 aromatic rings. The molecule has 0 amide bonds. The lowest BCUT2D eigenvalue weighted by Crippen LogP contribution is -2.39. The average Bonchev–Trinajstić information content (AvgIpc) is 3.38. The summed E-state index contributed by atoms with van der Waals surface area (Å²) in [6, 6.07) is 41.6. The number of rotatable bonds is 7. The summed E-state index contributed by atoms with van der Waals surface area (Å²) in [6.07, 6.45) is 0. The molecule has 5 heteroatoms. The Morgan fingerprint density at radius 1 is 0.714 bits per heavy atom. The van der Waals surface area contributed by atoms with E-state index in [1.54, 1.807) is 11.3 Å². The van der Waals surface area contributed by atoms with Crippen molar-refractivity contribution in [2.75, 3.05) is 6.61 Å². The molecule has 172 valence electrons. The molecule has 35 heavy (non-hydrogen) atoms. The van der Waals surface area contributed by atoms with Crippen molar-refractivity contribution in [2.45, 2.75) is 6.92 Å². The fourth-order valence-corrected chi connectivity index (χ4v) is 10.8. The minimum absolute atomic E-state index is 0.296. The summed E-state index contributed by atoms with van der Waals surface area (Å²) in [5.41, 5.74) is 1.39. The molecule has 5 rings (SSSR count). The van der Waals surface area contributed by atoms with Crippen LogP contribution in [0, 0.1) is 0 Å². The zero-order chi connectivity index (χ0) is 24.1. The second-order valence-corrected chi connectivity index (χ2v) is 12.6. The third-order valence-corrected chi connectivity index (χ3v) is 11.9. The van der Waals surface area contributed by atoms with Crippen LogP contribution < -0.4 is 20.5 Å². The van der Waals surface area contributed by atoms with Crippen molar-refractivity contribution < 1.29 is 9.53 Å². The third-order valence-electron chi connectivity index (χ3n) is 5.83. The first kappa shape index (κ1) is 23.2. The fourth-order valence-electron chi connectivity index (χ4n) is 4.33. The molecule has 0 bridgehead atoms. The van der Waals surface area contributed by atoms with E-state index in [4.69, 9.17) is 9.72 Å². The van der Waals surface area contributed by atoms with Gasteiger partial charge in [-0.3, -0.25) is 0 Å². The molecule has 4 aromatic carbocycles. The van der Waals surface area contributed by atoms with E-state index in [9.17, 15) is 4.79 Å². The summed E-state index contributed by atoms with van der Waals surface area (Å²) in [7, 11) is -2.47. The molecule has 0 N–H and O–H groups in total. The molecule has 0 fully saturated rings. The van der Waals surface area contributed by atoms with Crippen molar-refractivity contribution in [1.82, 2.24) is 4.98 Å². The van der Waals surface area contributed by atoms with Gasteiger partial charge in [0.25, 0.3) is 0 Å². The van der Waals surface area contributed by atoms with Crippen molar-refractivity contribution in [3.8, 4) is 10.6 Å². The van der Waals surface area contributed by atoms with Gasteiger partial charge < -0.3 is 4.74 Å². The first-order valence-electron chi connectivity index (χ1n) is 11.5. The van der Waals surface area contributed by atoms with E-state index in [-0.39, 0.29) is 5.97 Å². The van der Waals surface area contributed by atoms with Crippen molar-refractivity contribution in [1.29, 1.82) is 0 Å². The molecule has 0 radical (unpaired) electrons. The van der Waals surface area contributed by atoms with E-state index < -0.39 is 7.26 Å². The van der Waals surface area contributed by atoms with Crippen molar-refractivity contribution in [3.05, 3.63) is 127 Å². The first-order chi connectivity index (χ1) is 17.2. The van der Waals surface area contributed by atoms with Gasteiger partial charge in [-0.25, -0.2) is 9.78 Å². The number of hydrogen-bond donors (Lipinski definition) is 0. The molecule has 0 unspecified atom stereocenters. The van der Waals surface area contributed by atoms with E-state index in [1.165, 1.54) is 15.9 Å². The molecule has 0 atom stereocenters. The van der Waals surface area contributed by atoms with Crippen LogP contribution in [0.1, 0.15) is 17.4 Å². The molecule has 0 spiro atoms. The molecular weight excluding hydrogens is 469 g/mol. The zero-order valence-electron chi connectivity index (χ0n) is 19.4. The Morgan fingerprint density at radius 3 is 1.57 bits per heavy atom. The Morgan fingerprint density at radius 2 is 1.14 bits per heavy atom. The van der Waals surface area contributed by atoms with Gasteiger partial charge in [0, 0.05) is 5.56 Å². The Kier molecular flexibility index (Phi) is 6.85. The predicted molar refractivity (Wildman–Crippen MR) is 148 cm³/mol. The second kappa shape index (κ2) is 10.4. The number of carbonyl (C=O) groups excluding carboxylic acids is 1. The summed E-state index contributed by atoms with van der Waals surface area (Å²) in [6.45, 7) is 2.12. The Hall–Kier alpha value is -3.59. The smallest absolute Gasteiger partial charge is 0.362 e. The van der Waals surface area contributed by atoms with Crippen LogP contribution >= 0.6 is 18.6 Å². The van der Waals surface area contributed by atoms with Crippen molar-refractivity contribution >= 4 is 45.1 Å². The first-order valence-corrected chi connectivity index (χ1v) is 14.2. The van der Waals surface area contributed by atoms with Crippen LogP contribution in [0.2, 0.25) is 0 Å². The molecular formula is C30H25NO2PS+. The lowest BCUT2D eigenvalue weighted by molar-refractivity contribution is 0.0522. The number of carbonyl (C=O) groups is 1. The lowest BCUT2D eigenvalue weighted by atomic mass is 10.2. The van der Waals surface area contributed by atoms with E-state index in [0.717, 1.165) is 15.2 Å². The van der Waals surface area contributed by atoms with E-state index in [2.05, 4.69) is 72.8 Å². The number of benzene rings is 4. The minimum atomic E-state index is -2.47. The maximum absolute atomic E-state index is 13.4. The van der Waals surface area contributed by atoms with Gasteiger partial charge in [0.1, 0.15) is 20.9 Å². The van der Waals surface area contributed by atoms with Gasteiger partial charge in [0.05, 0.1) is 6.61 Å². The Bertz CT molecular complexity index is 1310. The van der Waals surface area contributed by atoms with Gasteiger partial charge in [0.15, 0.2) is 11.9 Å². The molecule has 0 saturated heterocycles. The molecule has 3 nitrogen and oxygen atoms in total. The van der Waals surface area contributed by atoms with Gasteiger partial charge >= 0.3 is 5.97 Å². The molecule has 0 aliphatic rings. The predicted octanol–water partition coefficient (Wildman–Crippen LogP) is 5.61. The summed E-state index contributed by atoms with van der Waals surface area (Å²) < 4.78 is 6.50. The van der Waals surface area contributed by atoms with Gasteiger partial charge in [-0.15, -0.1) is 0 Å². The van der Waals surface area contributed by atoms with E-state index >= 15 is 0 Å². The summed E-state index contributed by atoms with van der Waals surface area (Å²) >= 11 is 1.60. The van der Waals surface area contributed by atoms with Crippen molar-refractivity contribution in [2.24, 2.45) is 0 Å². The van der Waals surface area contributed by atoms with Gasteiger partial charge in [-0.05, 0) is 43.3 Å². The minimum Gasteiger partial charge on any atom is -0.461 e. The number of esters is 1. The average molecular weight is 495 g/mol. The van der Waals surface area contributed by atoms with Crippen LogP contribution in [0.4, 0.5) is 0 Å². The summed E-state index contributed by atoms with van der Waals surface area (Å²) in [5, 5.41) is 4.33. The van der Waals surface area contributed by atoms with Crippen molar-refractivity contribution in [3.63, 3.8) is 0 Å². The molecule has 0 aliphatic carbocycles. The highest BCUT2D eigenvalue weighted by Crippen LogP contribution is 2.56. The quantitative estimate of drug-likeness (QED) is 0.218. The highest BCUT2D eigenvalue weighted by Gasteiger charge is 2.52. The summed E-state index contributed by atoms with van der Waals surface area (Å²) in [4.78, 5) is 18.3. The lowest BCUT2D eigenvalue weighted by Gasteiger charge is -2.26. The van der Waals surface area contributed by atoms with Crippen LogP contribution in [-0.4, -0.2) is 17.6 Å². The van der Waals surface area contributed by atoms with Gasteiger partial charge in [-0.2, -0.15) is 0 Å². The maximum Gasteiger partial charge on any atom is 0.362 e. The summed E-state index contributed by atoms with van der Waals surface area (Å²) in [5.74, 6) is -0.381. The molecule has 1 heterocycles. The maximum atomic E-state index is 13.4. The van der Waals surface area contributed by atoms with Gasteiger partial charge in [0.2, 0.25) is 5.69 Å². The van der Waals surface area contributed by atoms with E-state index in [1.807, 2.05) is 55.5 Å². The molecule has 1 aromatic heterocycles. The third kappa shape index (κ3) is 4.32. The van der Waals surface area contributed by atoms with Crippen LogP contribution in [0.15, 0.2) is 121 Å². The monoisotopic (exact) mass is 494 g/mol. The fraction of sp³-hybridized carbons (Fsp3) is 0.0667. The van der Waals surface area contributed by atoms with Crippen LogP contribution in [-0.2, 0) is 4.74 Å². The molecule has 0 saturated carbocycles. The normalized spacial score (nSPS) is 11.2. The highest BCUT2D eigenvalue weighted by atomic mass is 32.1. The van der Waals surface area contributed by atoms with Crippen LogP contribution in [0.3, 0.4) is 0 Å². The van der Waals surface area contributed by atoms with Gasteiger partial charge in [-0.1, -0.05) is 96.3 Å². The Labute approximate surface area is 210 Å². The number of nitrogens with zero attached hydrogens (tertiary/aromatic N) is 1. The number of aromatic nitrogens is 1. The standard InChI is InChI=1S/C30H25NO2PS/c1-2-33-29(32)27-30(35-28(31-27)23-15-7-3-8-16-23)34(24-17-9-4-10-18-24,25-19-11-5-12-20-25)26-21-13-6-14-22-26/h3-22H,2H2,1H3/q+1. The number of ether oxygens (including phenoxy) is 1. The highest BCUT2D eigenvalue weighted by molar-refractivity contribution is 8.04. The zero-order valence-corrected chi connectivity index (χ0v) is 21.1. The Balaban J connectivity index is 1.91.